The van der Waals surface area contributed by atoms with E-state index >= 15 is 0 Å². The minimum Gasteiger partial charge on any atom is -0.460 e. The summed E-state index contributed by atoms with van der Waals surface area (Å²) in [6.07, 6.45) is 0.359. The van der Waals surface area contributed by atoms with Gasteiger partial charge in [0.25, 0.3) is 0 Å². The molecule has 0 radical (unpaired) electrons. The van der Waals surface area contributed by atoms with Gasteiger partial charge in [-0.05, 0) is 18.4 Å². The molecule has 0 saturated heterocycles. The van der Waals surface area contributed by atoms with Crippen LogP contribution in [0.2, 0.25) is 0 Å². The van der Waals surface area contributed by atoms with E-state index in [2.05, 4.69) is 5.32 Å². The molecule has 76 valence electrons. The van der Waals surface area contributed by atoms with Crippen LogP contribution in [0.1, 0.15) is 27.2 Å². The maximum absolute atomic E-state index is 10.8. The van der Waals surface area contributed by atoms with Gasteiger partial charge in [-0.25, -0.2) is 0 Å². The summed E-state index contributed by atoms with van der Waals surface area (Å²) >= 11 is 0. The highest BCUT2D eigenvalue weighted by atomic mass is 16.5. The number of nitrogens with one attached hydrogen (secondary N) is 1. The summed E-state index contributed by atoms with van der Waals surface area (Å²) in [5.41, 5.74) is 0.953. The third-order valence-electron chi connectivity index (χ3n) is 2.39. The molecule has 0 aliphatic carbocycles. The molecule has 1 N–H and O–H groups in total. The van der Waals surface area contributed by atoms with Gasteiger partial charge in [-0.3, -0.25) is 4.79 Å². The van der Waals surface area contributed by atoms with Gasteiger partial charge in [0.2, 0.25) is 5.91 Å². The van der Waals surface area contributed by atoms with E-state index in [4.69, 9.17) is 10.00 Å². The Balaban J connectivity index is 2.75. The van der Waals surface area contributed by atoms with Crippen molar-refractivity contribution in [3.8, 4) is 6.07 Å². The molecule has 4 nitrogen and oxygen atoms in total. The zero-order valence-electron chi connectivity index (χ0n) is 8.63. The van der Waals surface area contributed by atoms with Crippen LogP contribution in [0.3, 0.4) is 0 Å². The Morgan fingerprint density at radius 1 is 1.71 bits per heavy atom. The first-order valence-corrected chi connectivity index (χ1v) is 4.59. The van der Waals surface area contributed by atoms with Gasteiger partial charge in [0.1, 0.15) is 6.07 Å². The first-order valence-electron chi connectivity index (χ1n) is 4.59. The van der Waals surface area contributed by atoms with Gasteiger partial charge in [-0.2, -0.15) is 5.26 Å². The van der Waals surface area contributed by atoms with Crippen LogP contribution < -0.4 is 5.32 Å². The lowest BCUT2D eigenvalue weighted by Crippen LogP contribution is -2.39. The van der Waals surface area contributed by atoms with E-state index in [1.165, 1.54) is 6.92 Å². The third-order valence-corrected chi connectivity index (χ3v) is 2.39. The predicted octanol–water partition coefficient (Wildman–Crippen LogP) is 1.30. The first-order chi connectivity index (χ1) is 6.54. The molecule has 0 spiro atoms. The molecule has 0 aromatic rings. The molecule has 0 aromatic carbocycles. The second-order valence-corrected chi connectivity index (χ2v) is 3.57. The summed E-state index contributed by atoms with van der Waals surface area (Å²) in [5.74, 6) is 0.469. The summed E-state index contributed by atoms with van der Waals surface area (Å²) in [5, 5.41) is 11.4. The Morgan fingerprint density at radius 2 is 2.36 bits per heavy atom. The highest BCUT2D eigenvalue weighted by Crippen LogP contribution is 2.27. The molecular weight excluding hydrogens is 180 g/mol. The maximum atomic E-state index is 10.8. The van der Waals surface area contributed by atoms with E-state index in [0.717, 1.165) is 12.0 Å². The number of nitrogens with zero attached hydrogens (tertiary/aromatic N) is 1. The first kappa shape index (κ1) is 10.6. The topological polar surface area (TPSA) is 62.1 Å². The number of carbonyl (C=O) groups excluding carboxylic acids is 1. The average Bonchev–Trinajstić information content (AvgIpc) is 2.10. The molecule has 1 heterocycles. The molecule has 0 bridgehead atoms. The van der Waals surface area contributed by atoms with Crippen molar-refractivity contribution >= 4 is 5.91 Å². The Labute approximate surface area is 83.5 Å². The summed E-state index contributed by atoms with van der Waals surface area (Å²) in [6, 6.07) is 1.99. The highest BCUT2D eigenvalue weighted by Gasteiger charge is 2.25. The van der Waals surface area contributed by atoms with Crippen molar-refractivity contribution in [3.63, 3.8) is 0 Å². The van der Waals surface area contributed by atoms with Crippen LogP contribution in [-0.2, 0) is 9.53 Å². The largest absolute Gasteiger partial charge is 0.460 e. The second kappa shape index (κ2) is 4.14. The van der Waals surface area contributed by atoms with Crippen molar-refractivity contribution < 1.29 is 9.53 Å². The van der Waals surface area contributed by atoms with E-state index in [1.54, 1.807) is 0 Å². The molecule has 0 saturated carbocycles. The van der Waals surface area contributed by atoms with Crippen LogP contribution in [0.5, 0.6) is 0 Å². The Kier molecular flexibility index (Phi) is 3.13. The van der Waals surface area contributed by atoms with Crippen LogP contribution in [0.15, 0.2) is 11.3 Å². The molecule has 0 unspecified atom stereocenters. The summed E-state index contributed by atoms with van der Waals surface area (Å²) in [6.45, 7) is 5.34. The van der Waals surface area contributed by atoms with Gasteiger partial charge < -0.3 is 10.1 Å². The van der Waals surface area contributed by atoms with Gasteiger partial charge >= 0.3 is 0 Å². The molecule has 1 aliphatic heterocycles. The number of ether oxygens (including phenoxy) is 1. The predicted molar refractivity (Wildman–Crippen MR) is 50.8 cm³/mol. The fourth-order valence-electron chi connectivity index (χ4n) is 1.43. The highest BCUT2D eigenvalue weighted by molar-refractivity contribution is 5.73. The lowest BCUT2D eigenvalue weighted by Gasteiger charge is -2.28. The molecule has 0 fully saturated rings. The van der Waals surface area contributed by atoms with Gasteiger partial charge in [-0.1, -0.05) is 6.92 Å². The lowest BCUT2D eigenvalue weighted by molar-refractivity contribution is -0.122. The summed E-state index contributed by atoms with van der Waals surface area (Å²) < 4.78 is 5.32. The van der Waals surface area contributed by atoms with Crippen LogP contribution >= 0.6 is 0 Å². The SMILES string of the molecule is CC(=O)N[C@H]1C[C@H](C)C(C)=C(C#N)O1. The molecule has 2 atom stereocenters. The molecule has 4 heteroatoms. The lowest BCUT2D eigenvalue weighted by atomic mass is 9.95. The molecule has 0 aromatic heterocycles. The average molecular weight is 194 g/mol. The maximum Gasteiger partial charge on any atom is 0.219 e. The number of hydrogen-bond acceptors (Lipinski definition) is 3. The zero-order valence-corrected chi connectivity index (χ0v) is 8.63. The summed E-state index contributed by atoms with van der Waals surface area (Å²) in [7, 11) is 0. The molecule has 1 amide bonds. The van der Waals surface area contributed by atoms with Crippen molar-refractivity contribution in [1.82, 2.24) is 5.32 Å². The van der Waals surface area contributed by atoms with Crippen LogP contribution in [0.25, 0.3) is 0 Å². The third kappa shape index (κ3) is 2.25. The van der Waals surface area contributed by atoms with Gasteiger partial charge in [0, 0.05) is 13.3 Å². The molecular formula is C10H14N2O2. The number of allylic oxidation sites excluding steroid dienone is 2. The normalized spacial score (nSPS) is 26.4. The number of rotatable bonds is 1. The number of hydrogen-bond donors (Lipinski definition) is 1. The van der Waals surface area contributed by atoms with Crippen LogP contribution in [-0.4, -0.2) is 12.1 Å². The fourth-order valence-corrected chi connectivity index (χ4v) is 1.43. The van der Waals surface area contributed by atoms with Crippen molar-refractivity contribution in [2.24, 2.45) is 5.92 Å². The Morgan fingerprint density at radius 3 is 2.86 bits per heavy atom. The minimum atomic E-state index is -0.360. The van der Waals surface area contributed by atoms with Gasteiger partial charge in [0.05, 0.1) is 0 Å². The summed E-state index contributed by atoms with van der Waals surface area (Å²) in [4.78, 5) is 10.8. The molecule has 1 aliphatic rings. The van der Waals surface area contributed by atoms with Crippen LogP contribution in [0.4, 0.5) is 0 Å². The molecule has 1 rings (SSSR count). The zero-order chi connectivity index (χ0) is 10.7. The van der Waals surface area contributed by atoms with Crippen molar-refractivity contribution in [3.05, 3.63) is 11.3 Å². The van der Waals surface area contributed by atoms with E-state index < -0.39 is 0 Å². The van der Waals surface area contributed by atoms with Gasteiger partial charge in [-0.15, -0.1) is 0 Å². The monoisotopic (exact) mass is 194 g/mol. The Hall–Kier alpha value is -1.50. The van der Waals surface area contributed by atoms with Crippen molar-refractivity contribution in [1.29, 1.82) is 5.26 Å². The second-order valence-electron chi connectivity index (χ2n) is 3.57. The van der Waals surface area contributed by atoms with E-state index in [9.17, 15) is 4.79 Å². The van der Waals surface area contributed by atoms with E-state index in [1.807, 2.05) is 19.9 Å². The Bertz CT molecular complexity index is 315. The number of nitriles is 1. The smallest absolute Gasteiger partial charge is 0.219 e. The molecule has 14 heavy (non-hydrogen) atoms. The fraction of sp³-hybridized carbons (Fsp3) is 0.600. The number of carbonyl (C=O) groups is 1. The van der Waals surface area contributed by atoms with Gasteiger partial charge in [0.15, 0.2) is 12.0 Å². The van der Waals surface area contributed by atoms with E-state index in [0.29, 0.717) is 5.76 Å². The van der Waals surface area contributed by atoms with Crippen molar-refractivity contribution in [2.45, 2.75) is 33.4 Å². The quantitative estimate of drug-likeness (QED) is 0.684. The van der Waals surface area contributed by atoms with Crippen LogP contribution in [0, 0.1) is 17.2 Å². The van der Waals surface area contributed by atoms with E-state index in [-0.39, 0.29) is 18.1 Å². The standard InChI is InChI=1S/C10H14N2O2/c1-6-4-10(12-8(3)13)14-9(5-11)7(6)2/h6,10H,4H2,1-3H3,(H,12,13)/t6-,10+/m0/s1. The number of amides is 1. The minimum absolute atomic E-state index is 0.140. The van der Waals surface area contributed by atoms with Crippen molar-refractivity contribution in [2.75, 3.05) is 0 Å².